The van der Waals surface area contributed by atoms with Crippen LogP contribution in [0.15, 0.2) is 29.4 Å². The number of carbonyl (C=O) groups is 2. The van der Waals surface area contributed by atoms with Crippen LogP contribution in [0.25, 0.3) is 0 Å². The Hall–Kier alpha value is -2.77. The van der Waals surface area contributed by atoms with Crippen molar-refractivity contribution in [2.45, 2.75) is 38.1 Å². The molecule has 3 rings (SSSR count). The molecule has 1 N–H and O–H groups in total. The number of urea groups is 1. The molecule has 1 aliphatic carbocycles. The molecule has 1 aliphatic heterocycles. The van der Waals surface area contributed by atoms with E-state index >= 15 is 0 Å². The third-order valence-electron chi connectivity index (χ3n) is 4.67. The summed E-state index contributed by atoms with van der Waals surface area (Å²) >= 11 is 0. The van der Waals surface area contributed by atoms with E-state index in [9.17, 15) is 19.7 Å². The topological polar surface area (TPSA) is 105 Å². The van der Waals surface area contributed by atoms with Crippen molar-refractivity contribution >= 4 is 23.8 Å². The second-order valence-corrected chi connectivity index (χ2v) is 6.41. The molecule has 0 atom stereocenters. The second-order valence-electron chi connectivity index (χ2n) is 6.41. The number of hydrazone groups is 1. The molecule has 1 saturated heterocycles. The Morgan fingerprint density at radius 2 is 2.08 bits per heavy atom. The fourth-order valence-corrected chi connectivity index (χ4v) is 3.15. The lowest BCUT2D eigenvalue weighted by Crippen LogP contribution is -2.49. The number of nitrogens with one attached hydrogen (secondary N) is 1. The summed E-state index contributed by atoms with van der Waals surface area (Å²) in [4.78, 5) is 35.0. The van der Waals surface area contributed by atoms with Crippen LogP contribution < -0.4 is 5.32 Å². The highest BCUT2D eigenvalue weighted by Gasteiger charge is 2.52. The lowest BCUT2D eigenvalue weighted by atomic mass is 9.77. The Bertz CT molecular complexity index is 723. The van der Waals surface area contributed by atoms with Gasteiger partial charge in [0, 0.05) is 17.7 Å². The van der Waals surface area contributed by atoms with E-state index in [1.807, 2.05) is 0 Å². The van der Waals surface area contributed by atoms with Crippen LogP contribution in [0.2, 0.25) is 0 Å². The van der Waals surface area contributed by atoms with Gasteiger partial charge in [0.15, 0.2) is 0 Å². The van der Waals surface area contributed by atoms with Crippen molar-refractivity contribution in [2.75, 3.05) is 0 Å². The molecule has 0 bridgehead atoms. The summed E-state index contributed by atoms with van der Waals surface area (Å²) in [5, 5.41) is 18.3. The first-order chi connectivity index (χ1) is 11.4. The summed E-state index contributed by atoms with van der Waals surface area (Å²) in [5.41, 5.74) is -0.471. The van der Waals surface area contributed by atoms with Crippen molar-refractivity contribution in [3.8, 4) is 0 Å². The maximum Gasteiger partial charge on any atom is 0.346 e. The van der Waals surface area contributed by atoms with E-state index in [4.69, 9.17) is 0 Å². The van der Waals surface area contributed by atoms with Gasteiger partial charge in [-0.05, 0) is 31.6 Å². The number of non-ortho nitro benzene ring substituents is 1. The molecule has 1 spiro atoms. The number of hydrogen-bond acceptors (Lipinski definition) is 5. The number of nitrogens with zero attached hydrogens (tertiary/aromatic N) is 3. The van der Waals surface area contributed by atoms with Gasteiger partial charge in [-0.1, -0.05) is 19.1 Å². The van der Waals surface area contributed by atoms with Crippen molar-refractivity contribution in [1.82, 2.24) is 10.3 Å². The Labute approximate surface area is 138 Å². The van der Waals surface area contributed by atoms with Crippen molar-refractivity contribution in [2.24, 2.45) is 11.0 Å². The third-order valence-corrected chi connectivity index (χ3v) is 4.67. The lowest BCUT2D eigenvalue weighted by molar-refractivity contribution is -0.384. The standard InChI is InChI=1S/C16H18N4O4/c1-11-5-7-16(8-6-11)14(21)19(15(22)18-16)17-10-12-3-2-4-13(9-12)20(23)24/h2-4,9-11H,5-8H2,1H3,(H,18,22)/b17-10-. The Morgan fingerprint density at radius 3 is 2.75 bits per heavy atom. The van der Waals surface area contributed by atoms with E-state index in [0.717, 1.165) is 17.9 Å². The average Bonchev–Trinajstić information content (AvgIpc) is 2.79. The van der Waals surface area contributed by atoms with Crippen LogP contribution in [0.4, 0.5) is 10.5 Å². The van der Waals surface area contributed by atoms with E-state index < -0.39 is 16.5 Å². The first-order valence-electron chi connectivity index (χ1n) is 7.86. The molecule has 1 heterocycles. The summed E-state index contributed by atoms with van der Waals surface area (Å²) in [5.74, 6) is 0.198. The van der Waals surface area contributed by atoms with Gasteiger partial charge in [0.2, 0.25) is 0 Å². The summed E-state index contributed by atoms with van der Waals surface area (Å²) < 4.78 is 0. The quantitative estimate of drug-likeness (QED) is 0.397. The predicted molar refractivity (Wildman–Crippen MR) is 86.4 cm³/mol. The van der Waals surface area contributed by atoms with Crippen LogP contribution in [-0.2, 0) is 4.79 Å². The maximum absolute atomic E-state index is 12.6. The van der Waals surface area contributed by atoms with Crippen molar-refractivity contribution in [3.05, 3.63) is 39.9 Å². The summed E-state index contributed by atoms with van der Waals surface area (Å²) in [6.07, 6.45) is 4.28. The minimum atomic E-state index is -0.844. The minimum absolute atomic E-state index is 0.0751. The van der Waals surface area contributed by atoms with Gasteiger partial charge < -0.3 is 5.32 Å². The van der Waals surface area contributed by atoms with Gasteiger partial charge >= 0.3 is 6.03 Å². The molecule has 8 nitrogen and oxygen atoms in total. The van der Waals surface area contributed by atoms with E-state index in [-0.39, 0.29) is 11.6 Å². The number of carbonyl (C=O) groups excluding carboxylic acids is 2. The highest BCUT2D eigenvalue weighted by molar-refractivity contribution is 6.07. The van der Waals surface area contributed by atoms with E-state index in [1.165, 1.54) is 24.4 Å². The smallest absolute Gasteiger partial charge is 0.321 e. The Balaban J connectivity index is 1.78. The Kier molecular flexibility index (Phi) is 4.04. The first kappa shape index (κ1) is 16.1. The minimum Gasteiger partial charge on any atom is -0.321 e. The Morgan fingerprint density at radius 1 is 1.38 bits per heavy atom. The van der Waals surface area contributed by atoms with Crippen molar-refractivity contribution in [3.63, 3.8) is 0 Å². The molecule has 8 heteroatoms. The van der Waals surface area contributed by atoms with Gasteiger partial charge in [0.1, 0.15) is 5.54 Å². The van der Waals surface area contributed by atoms with Gasteiger partial charge in [-0.15, -0.1) is 5.01 Å². The first-order valence-corrected chi connectivity index (χ1v) is 7.86. The molecule has 2 aliphatic rings. The monoisotopic (exact) mass is 330 g/mol. The molecule has 0 aromatic heterocycles. The van der Waals surface area contributed by atoms with Crippen LogP contribution >= 0.6 is 0 Å². The van der Waals surface area contributed by atoms with Crippen LogP contribution in [0.1, 0.15) is 38.2 Å². The normalized spacial score (nSPS) is 27.0. The van der Waals surface area contributed by atoms with Crippen LogP contribution in [-0.4, -0.2) is 33.6 Å². The number of rotatable bonds is 3. The highest BCUT2D eigenvalue weighted by Crippen LogP contribution is 2.36. The van der Waals surface area contributed by atoms with Gasteiger partial charge in [-0.2, -0.15) is 5.10 Å². The number of amides is 3. The number of benzene rings is 1. The molecule has 24 heavy (non-hydrogen) atoms. The van der Waals surface area contributed by atoms with Crippen LogP contribution in [0, 0.1) is 16.0 Å². The van der Waals surface area contributed by atoms with Gasteiger partial charge in [0.05, 0.1) is 11.1 Å². The molecule has 3 amide bonds. The zero-order valence-corrected chi connectivity index (χ0v) is 13.3. The number of nitro benzene ring substituents is 1. The molecule has 1 aromatic rings. The second kappa shape index (κ2) is 6.03. The molecular weight excluding hydrogens is 312 g/mol. The number of nitro groups is 1. The lowest BCUT2D eigenvalue weighted by Gasteiger charge is -2.33. The van der Waals surface area contributed by atoms with Crippen LogP contribution in [0.3, 0.4) is 0 Å². The SMILES string of the molecule is CC1CCC2(CC1)NC(=O)N(/N=C\c1cccc([N+](=O)[O-])c1)C2=O. The van der Waals surface area contributed by atoms with E-state index in [1.54, 1.807) is 6.07 Å². The van der Waals surface area contributed by atoms with Gasteiger partial charge in [0.25, 0.3) is 11.6 Å². The molecule has 1 aromatic carbocycles. The fourth-order valence-electron chi connectivity index (χ4n) is 3.15. The zero-order chi connectivity index (χ0) is 17.3. The van der Waals surface area contributed by atoms with Crippen molar-refractivity contribution < 1.29 is 14.5 Å². The zero-order valence-electron chi connectivity index (χ0n) is 13.3. The third kappa shape index (κ3) is 2.86. The summed E-state index contributed by atoms with van der Waals surface area (Å²) in [6.45, 7) is 2.13. The average molecular weight is 330 g/mol. The molecule has 2 fully saturated rings. The molecule has 126 valence electrons. The fraction of sp³-hybridized carbons (Fsp3) is 0.438. The predicted octanol–water partition coefficient (Wildman–Crippen LogP) is 2.43. The molecule has 1 saturated carbocycles. The van der Waals surface area contributed by atoms with Crippen LogP contribution in [0.5, 0.6) is 0 Å². The maximum atomic E-state index is 12.6. The number of imide groups is 1. The summed E-state index contributed by atoms with van der Waals surface area (Å²) in [6, 6.07) is 5.29. The largest absolute Gasteiger partial charge is 0.346 e. The highest BCUT2D eigenvalue weighted by atomic mass is 16.6. The molecular formula is C16H18N4O4. The summed E-state index contributed by atoms with van der Waals surface area (Å²) in [7, 11) is 0. The van der Waals surface area contributed by atoms with E-state index in [0.29, 0.717) is 24.3 Å². The van der Waals surface area contributed by atoms with Gasteiger partial charge in [-0.3, -0.25) is 14.9 Å². The number of hydrogen-bond donors (Lipinski definition) is 1. The van der Waals surface area contributed by atoms with Crippen molar-refractivity contribution in [1.29, 1.82) is 0 Å². The van der Waals surface area contributed by atoms with E-state index in [2.05, 4.69) is 17.3 Å². The molecule has 0 unspecified atom stereocenters. The molecule has 0 radical (unpaired) electrons. The van der Waals surface area contributed by atoms with Gasteiger partial charge in [-0.25, -0.2) is 4.79 Å².